The lowest BCUT2D eigenvalue weighted by molar-refractivity contribution is 0.102. The Morgan fingerprint density at radius 2 is 2.00 bits per heavy atom. The van der Waals surface area contributed by atoms with E-state index in [4.69, 9.17) is 9.15 Å². The van der Waals surface area contributed by atoms with Crippen LogP contribution in [0.1, 0.15) is 16.1 Å². The van der Waals surface area contributed by atoms with Crippen molar-refractivity contribution in [2.45, 2.75) is 6.61 Å². The number of carbonyl (C=O) groups is 1. The summed E-state index contributed by atoms with van der Waals surface area (Å²) in [6, 6.07) is 12.4. The average molecular weight is 607 g/mol. The van der Waals surface area contributed by atoms with Crippen LogP contribution in [0.4, 0.5) is 5.69 Å². The van der Waals surface area contributed by atoms with Gasteiger partial charge in [0, 0.05) is 18.2 Å². The molecule has 1 amide bonds. The number of furan rings is 1. The molecule has 1 heterocycles. The van der Waals surface area contributed by atoms with E-state index in [1.807, 2.05) is 6.07 Å². The van der Waals surface area contributed by atoms with E-state index in [0.29, 0.717) is 34.1 Å². The maximum Gasteiger partial charge on any atom is 0.256 e. The number of hydrogen-bond acceptors (Lipinski definition) is 4. The van der Waals surface area contributed by atoms with Gasteiger partial charge < -0.3 is 19.6 Å². The first-order valence-corrected chi connectivity index (χ1v) is 10.4. The summed E-state index contributed by atoms with van der Waals surface area (Å²) in [5.41, 5.74) is 1.83. The summed E-state index contributed by atoms with van der Waals surface area (Å²) in [5.74, 6) is 1.38. The van der Waals surface area contributed by atoms with Crippen LogP contribution in [0.3, 0.4) is 0 Å². The fraction of sp³-hybridized carbons (Fsp3) is 0.105. The molecule has 0 radical (unpaired) electrons. The second-order valence-electron chi connectivity index (χ2n) is 5.54. The van der Waals surface area contributed by atoms with E-state index in [1.54, 1.807) is 43.5 Å². The molecule has 2 aromatic carbocycles. The number of aliphatic hydroxyl groups excluding tert-OH is 1. The number of benzene rings is 2. The van der Waals surface area contributed by atoms with Gasteiger partial charge in [0.05, 0.1) is 18.2 Å². The molecule has 5 nitrogen and oxygen atoms in total. The molecule has 0 bridgehead atoms. The molecule has 0 unspecified atom stereocenters. The van der Waals surface area contributed by atoms with E-state index in [2.05, 4.69) is 59.8 Å². The lowest BCUT2D eigenvalue weighted by atomic mass is 10.1. The lowest BCUT2D eigenvalue weighted by Gasteiger charge is -2.12. The van der Waals surface area contributed by atoms with Crippen molar-refractivity contribution in [2.24, 2.45) is 0 Å². The maximum absolute atomic E-state index is 12.7. The highest BCUT2D eigenvalue weighted by Gasteiger charge is 2.16. The van der Waals surface area contributed by atoms with Crippen molar-refractivity contribution in [3.63, 3.8) is 0 Å². The Morgan fingerprint density at radius 3 is 2.67 bits per heavy atom. The molecule has 0 aliphatic carbocycles. The fourth-order valence-electron chi connectivity index (χ4n) is 2.51. The number of amides is 1. The van der Waals surface area contributed by atoms with Crippen LogP contribution in [-0.4, -0.2) is 18.1 Å². The lowest BCUT2D eigenvalue weighted by Crippen LogP contribution is -2.14. The number of carbonyl (C=O) groups excluding carboxylic acids is 1. The van der Waals surface area contributed by atoms with Crippen molar-refractivity contribution >= 4 is 66.0 Å². The van der Waals surface area contributed by atoms with Crippen LogP contribution in [0.2, 0.25) is 0 Å². The summed E-state index contributed by atoms with van der Waals surface area (Å²) in [6.45, 7) is -0.186. The third-order valence-corrected chi connectivity index (χ3v) is 6.76. The Bertz CT molecular complexity index is 1000. The molecule has 0 aliphatic rings. The van der Waals surface area contributed by atoms with Gasteiger partial charge in [-0.05, 0) is 81.0 Å². The van der Waals surface area contributed by atoms with E-state index in [9.17, 15) is 9.90 Å². The molecule has 0 saturated carbocycles. The number of aliphatic hydroxyl groups is 1. The standard InChI is InChI=1S/C19H14Br2INO4/c1-26-16-4-2-11(8-13(16)17-5-3-12(9-24)27-17)23-19(25)14-6-10(20)7-15(21)18(14)22/h2-8,24H,9H2,1H3,(H,23,25). The zero-order valence-electron chi connectivity index (χ0n) is 14.1. The fourth-order valence-corrected chi connectivity index (χ4v) is 4.29. The van der Waals surface area contributed by atoms with Crippen molar-refractivity contribution in [3.05, 3.63) is 66.3 Å². The molecule has 3 rings (SSSR count). The Kier molecular flexibility index (Phi) is 6.61. The van der Waals surface area contributed by atoms with Crippen molar-refractivity contribution in [3.8, 4) is 17.1 Å². The van der Waals surface area contributed by atoms with Gasteiger partial charge in [0.2, 0.25) is 0 Å². The molecule has 0 spiro atoms. The van der Waals surface area contributed by atoms with E-state index in [-0.39, 0.29) is 12.5 Å². The van der Waals surface area contributed by atoms with Gasteiger partial charge in [0.1, 0.15) is 23.9 Å². The van der Waals surface area contributed by atoms with Crippen molar-refractivity contribution in [1.29, 1.82) is 0 Å². The van der Waals surface area contributed by atoms with Crippen LogP contribution < -0.4 is 10.1 Å². The molecule has 0 atom stereocenters. The van der Waals surface area contributed by atoms with Crippen LogP contribution in [0.15, 0.2) is 55.8 Å². The summed E-state index contributed by atoms with van der Waals surface area (Å²) < 4.78 is 13.5. The normalized spacial score (nSPS) is 10.7. The van der Waals surface area contributed by atoms with Gasteiger partial charge in [0.25, 0.3) is 5.91 Å². The van der Waals surface area contributed by atoms with Crippen molar-refractivity contribution in [2.75, 3.05) is 12.4 Å². The topological polar surface area (TPSA) is 71.7 Å². The first-order valence-electron chi connectivity index (χ1n) is 7.76. The predicted octanol–water partition coefficient (Wildman–Crippen LogP) is 5.83. The van der Waals surface area contributed by atoms with Gasteiger partial charge in [-0.2, -0.15) is 0 Å². The van der Waals surface area contributed by atoms with Gasteiger partial charge in [-0.15, -0.1) is 0 Å². The Hall–Kier alpha value is -1.36. The van der Waals surface area contributed by atoms with Crippen LogP contribution in [0.25, 0.3) is 11.3 Å². The number of halogens is 3. The van der Waals surface area contributed by atoms with E-state index in [1.165, 1.54) is 0 Å². The highest BCUT2D eigenvalue weighted by Crippen LogP contribution is 2.34. The van der Waals surface area contributed by atoms with Crippen LogP contribution >= 0.6 is 54.5 Å². The van der Waals surface area contributed by atoms with Crippen LogP contribution in [-0.2, 0) is 6.61 Å². The van der Waals surface area contributed by atoms with Crippen LogP contribution in [0, 0.1) is 3.57 Å². The van der Waals surface area contributed by atoms with Gasteiger partial charge in [-0.3, -0.25) is 4.79 Å². The third-order valence-electron chi connectivity index (χ3n) is 3.78. The van der Waals surface area contributed by atoms with Crippen molar-refractivity contribution < 1.29 is 19.1 Å². The molecular weight excluding hydrogens is 593 g/mol. The highest BCUT2D eigenvalue weighted by molar-refractivity contribution is 14.1. The smallest absolute Gasteiger partial charge is 0.256 e. The molecule has 0 fully saturated rings. The summed E-state index contributed by atoms with van der Waals surface area (Å²) >= 11 is 8.99. The minimum atomic E-state index is -0.229. The average Bonchev–Trinajstić information content (AvgIpc) is 3.13. The van der Waals surface area contributed by atoms with E-state index in [0.717, 1.165) is 12.5 Å². The third kappa shape index (κ3) is 4.56. The van der Waals surface area contributed by atoms with Gasteiger partial charge in [-0.25, -0.2) is 0 Å². The van der Waals surface area contributed by atoms with E-state index >= 15 is 0 Å². The first-order chi connectivity index (χ1) is 12.9. The van der Waals surface area contributed by atoms with Crippen molar-refractivity contribution in [1.82, 2.24) is 0 Å². The number of anilines is 1. The quantitative estimate of drug-likeness (QED) is 0.283. The molecular formula is C19H14Br2INO4. The molecule has 0 saturated heterocycles. The summed E-state index contributed by atoms with van der Waals surface area (Å²) in [4.78, 5) is 12.7. The van der Waals surface area contributed by atoms with Gasteiger partial charge >= 0.3 is 0 Å². The largest absolute Gasteiger partial charge is 0.496 e. The number of rotatable bonds is 5. The van der Waals surface area contributed by atoms with Gasteiger partial charge in [0.15, 0.2) is 0 Å². The Labute approximate surface area is 186 Å². The molecule has 140 valence electrons. The molecule has 3 aromatic rings. The second kappa shape index (κ2) is 8.76. The Balaban J connectivity index is 1.94. The zero-order valence-corrected chi connectivity index (χ0v) is 19.4. The first kappa shape index (κ1) is 20.4. The number of ether oxygens (including phenoxy) is 1. The molecule has 8 heteroatoms. The molecule has 0 aliphatic heterocycles. The maximum atomic E-state index is 12.7. The number of nitrogens with one attached hydrogen (secondary N) is 1. The molecule has 2 N–H and O–H groups in total. The minimum Gasteiger partial charge on any atom is -0.496 e. The monoisotopic (exact) mass is 605 g/mol. The predicted molar refractivity (Wildman–Crippen MR) is 119 cm³/mol. The summed E-state index contributed by atoms with van der Waals surface area (Å²) in [7, 11) is 1.56. The minimum absolute atomic E-state index is 0.186. The molecule has 27 heavy (non-hydrogen) atoms. The summed E-state index contributed by atoms with van der Waals surface area (Å²) in [6.07, 6.45) is 0. The summed E-state index contributed by atoms with van der Waals surface area (Å²) in [5, 5.41) is 12.1. The Morgan fingerprint density at radius 1 is 1.22 bits per heavy atom. The highest BCUT2D eigenvalue weighted by atomic mass is 127. The number of methoxy groups -OCH3 is 1. The molecule has 1 aromatic heterocycles. The SMILES string of the molecule is COc1ccc(NC(=O)c2cc(Br)cc(Br)c2I)cc1-c1ccc(CO)o1. The van der Waals surface area contributed by atoms with Gasteiger partial charge in [-0.1, -0.05) is 15.9 Å². The van der Waals surface area contributed by atoms with E-state index < -0.39 is 0 Å². The second-order valence-corrected chi connectivity index (χ2v) is 8.39. The number of hydrogen-bond donors (Lipinski definition) is 2. The van der Waals surface area contributed by atoms with Crippen LogP contribution in [0.5, 0.6) is 5.75 Å². The zero-order chi connectivity index (χ0) is 19.6.